The maximum Gasteiger partial charge on any atom is 0.128 e. The summed E-state index contributed by atoms with van der Waals surface area (Å²) in [6.07, 6.45) is 2.22. The van der Waals surface area contributed by atoms with Gasteiger partial charge in [-0.2, -0.15) is 0 Å². The van der Waals surface area contributed by atoms with Crippen molar-refractivity contribution >= 4 is 5.82 Å². The lowest BCUT2D eigenvalue weighted by Gasteiger charge is -2.18. The molecule has 2 N–H and O–H groups in total. The first kappa shape index (κ1) is 13.6. The minimum absolute atomic E-state index is 0.492. The van der Waals surface area contributed by atoms with Gasteiger partial charge in [0.05, 0.1) is 5.69 Å². The average molecular weight is 255 g/mol. The van der Waals surface area contributed by atoms with Gasteiger partial charge < -0.3 is 10.6 Å². The van der Waals surface area contributed by atoms with Crippen molar-refractivity contribution in [3.8, 4) is 0 Å². The van der Waals surface area contributed by atoms with Crippen LogP contribution >= 0.6 is 0 Å². The highest BCUT2D eigenvalue weighted by molar-refractivity contribution is 5.38. The van der Waals surface area contributed by atoms with E-state index in [1.807, 2.05) is 18.2 Å². The van der Waals surface area contributed by atoms with E-state index in [-0.39, 0.29) is 0 Å². The van der Waals surface area contributed by atoms with Crippen LogP contribution in [0.1, 0.15) is 17.7 Å². The van der Waals surface area contributed by atoms with Crippen molar-refractivity contribution in [2.24, 2.45) is 5.73 Å². The number of hydrogen-bond donors (Lipinski definition) is 1. The normalized spacial score (nSPS) is 10.4. The van der Waals surface area contributed by atoms with Gasteiger partial charge in [-0.1, -0.05) is 36.4 Å². The second-order valence-corrected chi connectivity index (χ2v) is 4.70. The molecular weight excluding hydrogens is 234 g/mol. The fourth-order valence-corrected chi connectivity index (χ4v) is 2.07. The molecule has 0 aliphatic rings. The lowest BCUT2D eigenvalue weighted by Crippen LogP contribution is -2.20. The largest absolute Gasteiger partial charge is 0.360 e. The Labute approximate surface area is 115 Å². The standard InChI is InChI=1S/C16H21N3/c1-19(16-11-5-10-15(13-17)18-16)12-6-9-14-7-3-2-4-8-14/h2-5,7-8,10-11H,6,9,12-13,17H2,1H3. The lowest BCUT2D eigenvalue weighted by molar-refractivity contribution is 0.774. The molecule has 0 atom stereocenters. The Hall–Kier alpha value is -1.87. The van der Waals surface area contributed by atoms with Crippen LogP contribution in [0.2, 0.25) is 0 Å². The van der Waals surface area contributed by atoms with Crippen molar-refractivity contribution in [3.63, 3.8) is 0 Å². The molecule has 0 radical (unpaired) electrons. The van der Waals surface area contributed by atoms with Crippen molar-refractivity contribution in [2.75, 3.05) is 18.5 Å². The topological polar surface area (TPSA) is 42.1 Å². The Bertz CT molecular complexity index is 496. The maximum absolute atomic E-state index is 5.61. The molecule has 3 nitrogen and oxygen atoms in total. The Balaban J connectivity index is 1.85. The van der Waals surface area contributed by atoms with Crippen LogP contribution in [0.5, 0.6) is 0 Å². The molecule has 0 saturated heterocycles. The summed E-state index contributed by atoms with van der Waals surface area (Å²) < 4.78 is 0. The van der Waals surface area contributed by atoms with Crippen LogP contribution in [-0.4, -0.2) is 18.6 Å². The van der Waals surface area contributed by atoms with E-state index < -0.39 is 0 Å². The van der Waals surface area contributed by atoms with E-state index in [0.717, 1.165) is 30.9 Å². The van der Waals surface area contributed by atoms with Gasteiger partial charge in [-0.25, -0.2) is 4.98 Å². The van der Waals surface area contributed by atoms with Gasteiger partial charge in [-0.3, -0.25) is 0 Å². The van der Waals surface area contributed by atoms with E-state index >= 15 is 0 Å². The van der Waals surface area contributed by atoms with Crippen LogP contribution in [-0.2, 0) is 13.0 Å². The van der Waals surface area contributed by atoms with Crippen LogP contribution in [0.15, 0.2) is 48.5 Å². The van der Waals surface area contributed by atoms with Gasteiger partial charge in [0.25, 0.3) is 0 Å². The SMILES string of the molecule is CN(CCCc1ccccc1)c1cccc(CN)n1. The molecule has 2 rings (SSSR count). The number of aryl methyl sites for hydroxylation is 1. The second-order valence-electron chi connectivity index (χ2n) is 4.70. The summed E-state index contributed by atoms with van der Waals surface area (Å²) in [5.41, 5.74) is 7.94. The number of nitrogens with zero attached hydrogens (tertiary/aromatic N) is 2. The monoisotopic (exact) mass is 255 g/mol. The molecule has 0 aliphatic carbocycles. The molecule has 1 aromatic heterocycles. The predicted molar refractivity (Wildman–Crippen MR) is 80.2 cm³/mol. The molecule has 100 valence electrons. The van der Waals surface area contributed by atoms with Gasteiger partial charge in [-0.05, 0) is 30.5 Å². The Morgan fingerprint density at radius 3 is 2.58 bits per heavy atom. The minimum Gasteiger partial charge on any atom is -0.360 e. The van der Waals surface area contributed by atoms with Crippen LogP contribution in [0.3, 0.4) is 0 Å². The summed E-state index contributed by atoms with van der Waals surface area (Å²) in [5, 5.41) is 0. The van der Waals surface area contributed by atoms with E-state index in [4.69, 9.17) is 5.73 Å². The first-order valence-electron chi connectivity index (χ1n) is 6.70. The van der Waals surface area contributed by atoms with Crippen molar-refractivity contribution in [1.82, 2.24) is 4.98 Å². The molecule has 0 aliphatic heterocycles. The number of pyridine rings is 1. The van der Waals surface area contributed by atoms with Crippen molar-refractivity contribution in [2.45, 2.75) is 19.4 Å². The molecule has 2 aromatic rings. The molecule has 0 spiro atoms. The molecule has 0 bridgehead atoms. The Morgan fingerprint density at radius 2 is 1.84 bits per heavy atom. The molecule has 0 fully saturated rings. The zero-order valence-electron chi connectivity index (χ0n) is 11.4. The first-order chi connectivity index (χ1) is 9.29. The van der Waals surface area contributed by atoms with E-state index in [1.54, 1.807) is 0 Å². The molecule has 0 saturated carbocycles. The molecule has 1 aromatic carbocycles. The smallest absolute Gasteiger partial charge is 0.128 e. The maximum atomic E-state index is 5.61. The molecular formula is C16H21N3. The first-order valence-corrected chi connectivity index (χ1v) is 6.70. The summed E-state index contributed by atoms with van der Waals surface area (Å²) in [7, 11) is 2.08. The molecule has 1 heterocycles. The highest BCUT2D eigenvalue weighted by Gasteiger charge is 2.03. The average Bonchev–Trinajstić information content (AvgIpc) is 2.48. The van der Waals surface area contributed by atoms with Gasteiger partial charge in [0.2, 0.25) is 0 Å². The third-order valence-electron chi connectivity index (χ3n) is 3.19. The summed E-state index contributed by atoms with van der Waals surface area (Å²) >= 11 is 0. The van der Waals surface area contributed by atoms with Crippen LogP contribution in [0.4, 0.5) is 5.82 Å². The number of aromatic nitrogens is 1. The highest BCUT2D eigenvalue weighted by atomic mass is 15.2. The fraction of sp³-hybridized carbons (Fsp3) is 0.312. The van der Waals surface area contributed by atoms with Crippen molar-refractivity contribution in [3.05, 3.63) is 59.8 Å². The van der Waals surface area contributed by atoms with Crippen LogP contribution < -0.4 is 10.6 Å². The summed E-state index contributed by atoms with van der Waals surface area (Å²) in [6, 6.07) is 16.6. The zero-order valence-corrected chi connectivity index (χ0v) is 11.4. The highest BCUT2D eigenvalue weighted by Crippen LogP contribution is 2.11. The Morgan fingerprint density at radius 1 is 1.05 bits per heavy atom. The van der Waals surface area contributed by atoms with E-state index in [0.29, 0.717) is 6.54 Å². The number of rotatable bonds is 6. The number of benzene rings is 1. The van der Waals surface area contributed by atoms with E-state index in [1.165, 1.54) is 5.56 Å². The zero-order chi connectivity index (χ0) is 13.5. The van der Waals surface area contributed by atoms with Crippen molar-refractivity contribution < 1.29 is 0 Å². The third kappa shape index (κ3) is 4.07. The summed E-state index contributed by atoms with van der Waals surface area (Å²) in [5.74, 6) is 0.996. The Kier molecular flexibility index (Phi) is 4.93. The van der Waals surface area contributed by atoms with Gasteiger partial charge in [0.1, 0.15) is 5.82 Å². The van der Waals surface area contributed by atoms with Crippen LogP contribution in [0.25, 0.3) is 0 Å². The van der Waals surface area contributed by atoms with Crippen LogP contribution in [0, 0.1) is 0 Å². The fourth-order valence-electron chi connectivity index (χ4n) is 2.07. The molecule has 19 heavy (non-hydrogen) atoms. The lowest BCUT2D eigenvalue weighted by atomic mass is 10.1. The third-order valence-corrected chi connectivity index (χ3v) is 3.19. The predicted octanol–water partition coefficient (Wildman–Crippen LogP) is 2.61. The number of anilines is 1. The summed E-state index contributed by atoms with van der Waals surface area (Å²) in [6.45, 7) is 1.49. The molecule has 3 heteroatoms. The number of nitrogens with two attached hydrogens (primary N) is 1. The molecule has 0 unspecified atom stereocenters. The molecule has 0 amide bonds. The van der Waals surface area contributed by atoms with Gasteiger partial charge in [0, 0.05) is 20.1 Å². The van der Waals surface area contributed by atoms with E-state index in [2.05, 4.69) is 47.3 Å². The van der Waals surface area contributed by atoms with Gasteiger partial charge in [-0.15, -0.1) is 0 Å². The van der Waals surface area contributed by atoms with Gasteiger partial charge in [0.15, 0.2) is 0 Å². The van der Waals surface area contributed by atoms with Crippen molar-refractivity contribution in [1.29, 1.82) is 0 Å². The quantitative estimate of drug-likeness (QED) is 0.862. The minimum atomic E-state index is 0.492. The summed E-state index contributed by atoms with van der Waals surface area (Å²) in [4.78, 5) is 6.70. The van der Waals surface area contributed by atoms with Gasteiger partial charge >= 0.3 is 0 Å². The number of hydrogen-bond acceptors (Lipinski definition) is 3. The van der Waals surface area contributed by atoms with E-state index in [9.17, 15) is 0 Å². The second kappa shape index (κ2) is 6.90.